The molecule has 2 aromatic carbocycles. The van der Waals surface area contributed by atoms with Crippen LogP contribution >= 0.6 is 0 Å². The van der Waals surface area contributed by atoms with E-state index in [0.717, 1.165) is 16.8 Å². The van der Waals surface area contributed by atoms with E-state index in [0.29, 0.717) is 37.3 Å². The number of halogens is 1. The monoisotopic (exact) mass is 499 g/mol. The minimum atomic E-state index is -0.542. The van der Waals surface area contributed by atoms with Gasteiger partial charge in [0, 0.05) is 37.9 Å². The second-order valence-electron chi connectivity index (χ2n) is 10.5. The van der Waals surface area contributed by atoms with Gasteiger partial charge in [0.05, 0.1) is 18.7 Å². The lowest BCUT2D eigenvalue weighted by Gasteiger charge is -2.41. The normalized spacial score (nSPS) is 17.4. The summed E-state index contributed by atoms with van der Waals surface area (Å²) in [4.78, 5) is 28.6. The Morgan fingerprint density at radius 2 is 1.83 bits per heavy atom. The second-order valence-corrected chi connectivity index (χ2v) is 10.5. The average Bonchev–Trinajstić information content (AvgIpc) is 2.79. The van der Waals surface area contributed by atoms with E-state index in [4.69, 9.17) is 9.47 Å². The van der Waals surface area contributed by atoms with E-state index >= 15 is 0 Å². The molecule has 2 aromatic rings. The van der Waals surface area contributed by atoms with Crippen LogP contribution in [0.25, 0.3) is 0 Å². The van der Waals surface area contributed by atoms with Crippen LogP contribution in [-0.4, -0.2) is 66.8 Å². The first-order chi connectivity index (χ1) is 16.9. The first-order valence-corrected chi connectivity index (χ1v) is 12.3. The van der Waals surface area contributed by atoms with Crippen molar-refractivity contribution in [2.45, 2.75) is 59.2 Å². The molecule has 1 fully saturated rings. The minimum absolute atomic E-state index is 0.0226. The van der Waals surface area contributed by atoms with E-state index in [1.54, 1.807) is 30.0 Å². The van der Waals surface area contributed by atoms with Crippen LogP contribution in [0.3, 0.4) is 0 Å². The molecule has 0 saturated carbocycles. The van der Waals surface area contributed by atoms with Gasteiger partial charge in [0.25, 0.3) is 0 Å². The van der Waals surface area contributed by atoms with E-state index in [-0.39, 0.29) is 30.0 Å². The van der Waals surface area contributed by atoms with Crippen molar-refractivity contribution in [3.63, 3.8) is 0 Å². The SMILES string of the molecule is COC(=O)c1ccc(NC(CN2CCN(C(=O)OC(C)(C)C)[C@H](C)C2)c2ccc(C)c(F)c2)cc1C. The predicted molar refractivity (Wildman–Crippen MR) is 139 cm³/mol. The van der Waals surface area contributed by atoms with Gasteiger partial charge in [0.2, 0.25) is 0 Å². The smallest absolute Gasteiger partial charge is 0.410 e. The molecule has 2 atom stereocenters. The van der Waals surface area contributed by atoms with Gasteiger partial charge in [-0.1, -0.05) is 12.1 Å². The molecule has 1 heterocycles. The number of nitrogens with zero attached hydrogens (tertiary/aromatic N) is 2. The summed E-state index contributed by atoms with van der Waals surface area (Å²) < 4.78 is 24.9. The number of hydrogen-bond acceptors (Lipinski definition) is 6. The number of carbonyl (C=O) groups is 2. The number of aryl methyl sites for hydroxylation is 2. The summed E-state index contributed by atoms with van der Waals surface area (Å²) in [5, 5.41) is 3.53. The highest BCUT2D eigenvalue weighted by atomic mass is 19.1. The Bertz CT molecular complexity index is 1100. The van der Waals surface area contributed by atoms with Crippen molar-refractivity contribution < 1.29 is 23.5 Å². The maximum atomic E-state index is 14.5. The third kappa shape index (κ3) is 6.97. The fraction of sp³-hybridized carbons (Fsp3) is 0.500. The van der Waals surface area contributed by atoms with Crippen molar-refractivity contribution in [3.8, 4) is 0 Å². The van der Waals surface area contributed by atoms with Gasteiger partial charge in [-0.3, -0.25) is 4.90 Å². The number of amides is 1. The zero-order chi connectivity index (χ0) is 26.6. The molecule has 7 nitrogen and oxygen atoms in total. The molecule has 1 aliphatic rings. The highest BCUT2D eigenvalue weighted by Crippen LogP contribution is 2.26. The molecule has 1 amide bonds. The summed E-state index contributed by atoms with van der Waals surface area (Å²) in [6.45, 7) is 13.7. The maximum absolute atomic E-state index is 14.5. The van der Waals surface area contributed by atoms with Crippen LogP contribution in [0.1, 0.15) is 60.8 Å². The predicted octanol–water partition coefficient (Wildman–Crippen LogP) is 5.32. The molecule has 0 spiro atoms. The number of benzene rings is 2. The molecular formula is C28H38FN3O4. The van der Waals surface area contributed by atoms with Crippen molar-refractivity contribution in [2.75, 3.05) is 38.6 Å². The van der Waals surface area contributed by atoms with Gasteiger partial charge in [0.1, 0.15) is 11.4 Å². The molecule has 0 bridgehead atoms. The fourth-order valence-electron chi connectivity index (χ4n) is 4.40. The van der Waals surface area contributed by atoms with E-state index in [1.165, 1.54) is 7.11 Å². The Morgan fingerprint density at radius 3 is 2.42 bits per heavy atom. The maximum Gasteiger partial charge on any atom is 0.410 e. The van der Waals surface area contributed by atoms with Crippen LogP contribution in [-0.2, 0) is 9.47 Å². The molecule has 1 aliphatic heterocycles. The average molecular weight is 500 g/mol. The largest absolute Gasteiger partial charge is 0.465 e. The number of methoxy groups -OCH3 is 1. The zero-order valence-corrected chi connectivity index (χ0v) is 22.4. The van der Waals surface area contributed by atoms with Crippen molar-refractivity contribution in [3.05, 3.63) is 64.5 Å². The number of ether oxygens (including phenoxy) is 2. The highest BCUT2D eigenvalue weighted by molar-refractivity contribution is 5.91. The number of rotatable bonds is 6. The Kier molecular flexibility index (Phi) is 8.61. The van der Waals surface area contributed by atoms with Crippen molar-refractivity contribution in [1.29, 1.82) is 0 Å². The Hall–Kier alpha value is -3.13. The van der Waals surface area contributed by atoms with Crippen LogP contribution in [0.4, 0.5) is 14.9 Å². The van der Waals surface area contributed by atoms with Crippen LogP contribution in [0.5, 0.6) is 0 Å². The number of nitrogens with one attached hydrogen (secondary N) is 1. The molecule has 8 heteroatoms. The van der Waals surface area contributed by atoms with Crippen molar-refractivity contribution in [2.24, 2.45) is 0 Å². The van der Waals surface area contributed by atoms with Crippen LogP contribution in [0.15, 0.2) is 36.4 Å². The molecule has 0 aromatic heterocycles. The van der Waals surface area contributed by atoms with Crippen molar-refractivity contribution in [1.82, 2.24) is 9.80 Å². The molecule has 36 heavy (non-hydrogen) atoms. The van der Waals surface area contributed by atoms with Crippen LogP contribution in [0.2, 0.25) is 0 Å². The van der Waals surface area contributed by atoms with E-state index in [1.807, 2.05) is 52.8 Å². The fourth-order valence-corrected chi connectivity index (χ4v) is 4.40. The zero-order valence-electron chi connectivity index (χ0n) is 22.4. The third-order valence-corrected chi connectivity index (χ3v) is 6.35. The minimum Gasteiger partial charge on any atom is -0.465 e. The molecule has 1 unspecified atom stereocenters. The highest BCUT2D eigenvalue weighted by Gasteiger charge is 2.32. The molecule has 0 aliphatic carbocycles. The second kappa shape index (κ2) is 11.3. The van der Waals surface area contributed by atoms with Gasteiger partial charge in [-0.15, -0.1) is 0 Å². The molecule has 0 radical (unpaired) electrons. The lowest BCUT2D eigenvalue weighted by molar-refractivity contribution is 0.00108. The summed E-state index contributed by atoms with van der Waals surface area (Å²) >= 11 is 0. The Morgan fingerprint density at radius 1 is 1.11 bits per heavy atom. The lowest BCUT2D eigenvalue weighted by Crippen LogP contribution is -2.55. The molecule has 1 saturated heterocycles. The number of esters is 1. The number of anilines is 1. The summed E-state index contributed by atoms with van der Waals surface area (Å²) in [5.74, 6) is -0.632. The topological polar surface area (TPSA) is 71.1 Å². The molecule has 3 rings (SSSR count). The van der Waals surface area contributed by atoms with Gasteiger partial charge in [-0.05, 0) is 82.5 Å². The Labute approximate surface area is 213 Å². The van der Waals surface area contributed by atoms with Crippen LogP contribution < -0.4 is 5.32 Å². The lowest BCUT2D eigenvalue weighted by atomic mass is 10.0. The van der Waals surface area contributed by atoms with E-state index in [9.17, 15) is 14.0 Å². The molecule has 196 valence electrons. The summed E-state index contributed by atoms with van der Waals surface area (Å²) in [5.41, 5.74) is 3.00. The summed E-state index contributed by atoms with van der Waals surface area (Å²) in [7, 11) is 1.36. The molecular weight excluding hydrogens is 461 g/mol. The number of piperazine rings is 1. The quantitative estimate of drug-likeness (QED) is 0.542. The Balaban J connectivity index is 1.78. The molecule has 1 N–H and O–H groups in total. The van der Waals surface area contributed by atoms with Crippen LogP contribution in [0, 0.1) is 19.7 Å². The van der Waals surface area contributed by atoms with Gasteiger partial charge in [0.15, 0.2) is 0 Å². The van der Waals surface area contributed by atoms with E-state index in [2.05, 4.69) is 10.2 Å². The third-order valence-electron chi connectivity index (χ3n) is 6.35. The first kappa shape index (κ1) is 27.5. The van der Waals surface area contributed by atoms with E-state index < -0.39 is 5.60 Å². The number of hydrogen-bond donors (Lipinski definition) is 1. The van der Waals surface area contributed by atoms with Crippen molar-refractivity contribution >= 4 is 17.7 Å². The standard InChI is InChI=1S/C28H38FN3O4/c1-18-8-9-21(15-24(18)29)25(30-22-10-11-23(19(2)14-22)26(33)35-7)17-31-12-13-32(20(3)16-31)27(34)36-28(4,5)6/h8-11,14-15,20,25,30H,12-13,16-17H2,1-7H3/t20-,25?/m1/s1. The first-order valence-electron chi connectivity index (χ1n) is 12.3. The van der Waals surface area contributed by atoms with Gasteiger partial charge in [-0.2, -0.15) is 0 Å². The van der Waals surface area contributed by atoms with Gasteiger partial charge < -0.3 is 19.7 Å². The summed E-state index contributed by atoms with van der Waals surface area (Å²) in [6, 6.07) is 10.5. The summed E-state index contributed by atoms with van der Waals surface area (Å²) in [6.07, 6.45) is -0.300. The van der Waals surface area contributed by atoms with Gasteiger partial charge in [-0.25, -0.2) is 14.0 Å². The number of carbonyl (C=O) groups excluding carboxylic acids is 2. The van der Waals surface area contributed by atoms with Gasteiger partial charge >= 0.3 is 12.1 Å².